The van der Waals surface area contributed by atoms with E-state index >= 15 is 0 Å². The van der Waals surface area contributed by atoms with E-state index < -0.39 is 0 Å². The lowest BCUT2D eigenvalue weighted by atomic mass is 10.2. The Balaban J connectivity index is 2.16. The third kappa shape index (κ3) is 4.74. The highest BCUT2D eigenvalue weighted by Gasteiger charge is 2.26. The Hall–Kier alpha value is -0.220. The molecule has 2 atom stereocenters. The van der Waals surface area contributed by atoms with Crippen LogP contribution in [-0.4, -0.2) is 36.5 Å². The van der Waals surface area contributed by atoms with Crippen LogP contribution in [0, 0.1) is 5.92 Å². The van der Waals surface area contributed by atoms with E-state index in [1.807, 2.05) is 11.8 Å². The molecular weight excluding hydrogens is 220 g/mol. The molecule has 0 radical (unpaired) electrons. The molecule has 1 amide bonds. The van der Waals surface area contributed by atoms with Gasteiger partial charge in [0.05, 0.1) is 6.54 Å². The van der Waals surface area contributed by atoms with Crippen molar-refractivity contribution in [3.8, 4) is 0 Å². The van der Waals surface area contributed by atoms with Crippen molar-refractivity contribution in [1.82, 2.24) is 10.6 Å². The molecule has 0 bridgehead atoms. The van der Waals surface area contributed by atoms with Crippen LogP contribution < -0.4 is 10.6 Å². The minimum absolute atomic E-state index is 0.125. The summed E-state index contributed by atoms with van der Waals surface area (Å²) in [5, 5.41) is 7.00. The van der Waals surface area contributed by atoms with Gasteiger partial charge in [-0.2, -0.15) is 11.8 Å². The van der Waals surface area contributed by atoms with Crippen LogP contribution in [0.2, 0.25) is 0 Å². The summed E-state index contributed by atoms with van der Waals surface area (Å²) in [7, 11) is 0. The van der Waals surface area contributed by atoms with Gasteiger partial charge in [0.25, 0.3) is 0 Å². The summed E-state index contributed by atoms with van der Waals surface area (Å²) in [6.07, 6.45) is 5.94. The maximum atomic E-state index is 11.5. The second-order valence-electron chi connectivity index (χ2n) is 4.89. The average molecular weight is 244 g/mol. The Morgan fingerprint density at radius 3 is 2.81 bits per heavy atom. The number of hydrogen-bond donors (Lipinski definition) is 2. The molecule has 0 aliphatic heterocycles. The molecule has 2 unspecified atom stereocenters. The Labute approximate surface area is 103 Å². The average Bonchev–Trinajstić information content (AvgIpc) is 2.70. The summed E-state index contributed by atoms with van der Waals surface area (Å²) in [4.78, 5) is 11.5. The Morgan fingerprint density at radius 1 is 1.44 bits per heavy atom. The first-order valence-electron chi connectivity index (χ1n) is 6.16. The van der Waals surface area contributed by atoms with Gasteiger partial charge >= 0.3 is 0 Å². The molecule has 1 rings (SSSR count). The minimum atomic E-state index is 0.125. The summed E-state index contributed by atoms with van der Waals surface area (Å²) in [6, 6.07) is 0.528. The Bertz CT molecular complexity index is 221. The van der Waals surface area contributed by atoms with Crippen LogP contribution in [0.1, 0.15) is 33.1 Å². The first kappa shape index (κ1) is 13.8. The van der Waals surface area contributed by atoms with Gasteiger partial charge in [-0.05, 0) is 25.0 Å². The lowest BCUT2D eigenvalue weighted by molar-refractivity contribution is -0.120. The zero-order valence-corrected chi connectivity index (χ0v) is 11.4. The monoisotopic (exact) mass is 244 g/mol. The van der Waals surface area contributed by atoms with E-state index in [1.54, 1.807) is 0 Å². The molecule has 0 spiro atoms. The van der Waals surface area contributed by atoms with Gasteiger partial charge in [-0.3, -0.25) is 4.79 Å². The molecule has 16 heavy (non-hydrogen) atoms. The van der Waals surface area contributed by atoms with Crippen LogP contribution in [0.4, 0.5) is 0 Å². The van der Waals surface area contributed by atoms with Crippen LogP contribution in [0.15, 0.2) is 0 Å². The van der Waals surface area contributed by atoms with Crippen LogP contribution in [0.5, 0.6) is 0 Å². The van der Waals surface area contributed by atoms with E-state index in [0.717, 1.165) is 6.54 Å². The summed E-state index contributed by atoms with van der Waals surface area (Å²) in [5.41, 5.74) is 0. The minimum Gasteiger partial charge on any atom is -0.355 e. The molecule has 0 aromatic heterocycles. The fourth-order valence-corrected chi connectivity index (χ4v) is 3.01. The molecular formula is C12H24N2OS. The standard InChI is InChI=1S/C12H24N2OS/c1-9(2)7-14-12(15)8-13-10-5-4-6-11(10)16-3/h9-11,13H,4-8H2,1-3H3,(H,14,15). The van der Waals surface area contributed by atoms with Crippen LogP contribution in [0.25, 0.3) is 0 Å². The third-order valence-electron chi connectivity index (χ3n) is 2.99. The van der Waals surface area contributed by atoms with E-state index in [-0.39, 0.29) is 5.91 Å². The van der Waals surface area contributed by atoms with Gasteiger partial charge in [0, 0.05) is 17.8 Å². The van der Waals surface area contributed by atoms with Gasteiger partial charge in [0.15, 0.2) is 0 Å². The molecule has 4 heteroatoms. The quantitative estimate of drug-likeness (QED) is 0.746. The Morgan fingerprint density at radius 2 is 2.19 bits per heavy atom. The maximum Gasteiger partial charge on any atom is 0.233 e. The highest BCUT2D eigenvalue weighted by atomic mass is 32.2. The molecule has 1 fully saturated rings. The second-order valence-corrected chi connectivity index (χ2v) is 5.97. The number of carbonyl (C=O) groups is 1. The highest BCUT2D eigenvalue weighted by molar-refractivity contribution is 7.99. The molecule has 1 aliphatic rings. The van der Waals surface area contributed by atoms with Crippen molar-refractivity contribution < 1.29 is 4.79 Å². The smallest absolute Gasteiger partial charge is 0.233 e. The normalized spacial score (nSPS) is 25.0. The van der Waals surface area contributed by atoms with Gasteiger partial charge in [0.2, 0.25) is 5.91 Å². The van der Waals surface area contributed by atoms with Crippen molar-refractivity contribution >= 4 is 17.7 Å². The van der Waals surface area contributed by atoms with Crippen molar-refractivity contribution in [2.75, 3.05) is 19.3 Å². The molecule has 0 heterocycles. The van der Waals surface area contributed by atoms with E-state index in [1.165, 1.54) is 19.3 Å². The highest BCUT2D eigenvalue weighted by Crippen LogP contribution is 2.28. The van der Waals surface area contributed by atoms with Crippen molar-refractivity contribution in [2.24, 2.45) is 5.92 Å². The van der Waals surface area contributed by atoms with Gasteiger partial charge in [-0.1, -0.05) is 20.3 Å². The predicted octanol–water partition coefficient (Wildman–Crippen LogP) is 1.63. The van der Waals surface area contributed by atoms with Crippen LogP contribution >= 0.6 is 11.8 Å². The third-order valence-corrected chi connectivity index (χ3v) is 4.16. The number of hydrogen-bond acceptors (Lipinski definition) is 3. The molecule has 2 N–H and O–H groups in total. The van der Waals surface area contributed by atoms with Crippen molar-refractivity contribution in [3.05, 3.63) is 0 Å². The lowest BCUT2D eigenvalue weighted by Crippen LogP contribution is -2.42. The van der Waals surface area contributed by atoms with Crippen LogP contribution in [-0.2, 0) is 4.79 Å². The fourth-order valence-electron chi connectivity index (χ4n) is 2.05. The predicted molar refractivity (Wildman–Crippen MR) is 70.8 cm³/mol. The van der Waals surface area contributed by atoms with Crippen LogP contribution in [0.3, 0.4) is 0 Å². The van der Waals surface area contributed by atoms with Gasteiger partial charge in [-0.25, -0.2) is 0 Å². The molecule has 1 saturated carbocycles. The van der Waals surface area contributed by atoms with Crippen molar-refractivity contribution in [3.63, 3.8) is 0 Å². The molecule has 0 saturated heterocycles. The van der Waals surface area contributed by atoms with E-state index in [9.17, 15) is 4.79 Å². The first-order valence-corrected chi connectivity index (χ1v) is 7.45. The molecule has 0 aromatic carbocycles. The topological polar surface area (TPSA) is 41.1 Å². The number of nitrogens with one attached hydrogen (secondary N) is 2. The van der Waals surface area contributed by atoms with E-state index in [2.05, 4.69) is 30.7 Å². The van der Waals surface area contributed by atoms with Gasteiger partial charge in [0.1, 0.15) is 0 Å². The van der Waals surface area contributed by atoms with Crippen molar-refractivity contribution in [1.29, 1.82) is 0 Å². The summed E-state index contributed by atoms with van der Waals surface area (Å²) in [6.45, 7) is 5.45. The summed E-state index contributed by atoms with van der Waals surface area (Å²) in [5.74, 6) is 0.648. The SMILES string of the molecule is CSC1CCCC1NCC(=O)NCC(C)C. The largest absolute Gasteiger partial charge is 0.355 e. The fraction of sp³-hybridized carbons (Fsp3) is 0.917. The number of carbonyl (C=O) groups excluding carboxylic acids is 1. The molecule has 3 nitrogen and oxygen atoms in total. The number of rotatable bonds is 6. The lowest BCUT2D eigenvalue weighted by Gasteiger charge is -2.19. The number of thioether (sulfide) groups is 1. The molecule has 94 valence electrons. The first-order chi connectivity index (χ1) is 7.63. The van der Waals surface area contributed by atoms with Gasteiger partial charge < -0.3 is 10.6 Å². The molecule has 0 aromatic rings. The Kier molecular flexibility index (Phi) is 6.21. The maximum absolute atomic E-state index is 11.5. The van der Waals surface area contributed by atoms with Crippen molar-refractivity contribution in [2.45, 2.75) is 44.4 Å². The van der Waals surface area contributed by atoms with E-state index in [0.29, 0.717) is 23.8 Å². The molecule has 1 aliphatic carbocycles. The van der Waals surface area contributed by atoms with E-state index in [4.69, 9.17) is 0 Å². The second kappa shape index (κ2) is 7.17. The summed E-state index contributed by atoms with van der Waals surface area (Å²) < 4.78 is 0. The van der Waals surface area contributed by atoms with Gasteiger partial charge in [-0.15, -0.1) is 0 Å². The zero-order chi connectivity index (χ0) is 12.0. The number of amides is 1. The zero-order valence-electron chi connectivity index (χ0n) is 10.6. The summed E-state index contributed by atoms with van der Waals surface area (Å²) >= 11 is 1.92.